The van der Waals surface area contributed by atoms with Crippen molar-refractivity contribution in [2.45, 2.75) is 25.5 Å². The van der Waals surface area contributed by atoms with Crippen molar-refractivity contribution in [3.63, 3.8) is 0 Å². The summed E-state index contributed by atoms with van der Waals surface area (Å²) in [6.45, 7) is 1.49. The number of carbonyl (C=O) groups is 1. The summed E-state index contributed by atoms with van der Waals surface area (Å²) in [7, 11) is 2.19. The van der Waals surface area contributed by atoms with Crippen LogP contribution in [0.2, 0.25) is 0 Å². The molecule has 24 heavy (non-hydrogen) atoms. The number of esters is 1. The number of nitrogens with zero attached hydrogens (tertiary/aromatic N) is 2. The molecule has 2 heterocycles. The lowest BCUT2D eigenvalue weighted by molar-refractivity contribution is 0.0535. The van der Waals surface area contributed by atoms with Crippen molar-refractivity contribution in [3.8, 4) is 0 Å². The molecule has 0 saturated carbocycles. The van der Waals surface area contributed by atoms with E-state index in [1.165, 1.54) is 24.9 Å². The van der Waals surface area contributed by atoms with Crippen molar-refractivity contribution in [1.29, 1.82) is 0 Å². The van der Waals surface area contributed by atoms with Crippen molar-refractivity contribution < 1.29 is 9.53 Å². The first-order chi connectivity index (χ1) is 11.7. The Morgan fingerprint density at radius 3 is 2.79 bits per heavy atom. The molecule has 0 bridgehead atoms. The summed E-state index contributed by atoms with van der Waals surface area (Å²) >= 11 is 0. The monoisotopic (exact) mass is 320 g/mol. The van der Waals surface area contributed by atoms with Crippen molar-refractivity contribution >= 4 is 17.9 Å². The van der Waals surface area contributed by atoms with Crippen LogP contribution in [0.3, 0.4) is 0 Å². The molecule has 122 valence electrons. The van der Waals surface area contributed by atoms with E-state index >= 15 is 0 Å². The molecule has 1 unspecified atom stereocenters. The van der Waals surface area contributed by atoms with E-state index in [9.17, 15) is 4.79 Å². The number of rotatable bonds is 3. The van der Waals surface area contributed by atoms with Crippen molar-refractivity contribution in [2.24, 2.45) is 4.99 Å². The lowest BCUT2D eigenvalue weighted by atomic mass is 10.0. The van der Waals surface area contributed by atoms with E-state index < -0.39 is 0 Å². The Balaban J connectivity index is 1.54. The molecule has 4 nitrogen and oxygen atoms in total. The van der Waals surface area contributed by atoms with E-state index in [4.69, 9.17) is 4.74 Å². The molecule has 0 aromatic heterocycles. The van der Waals surface area contributed by atoms with Crippen LogP contribution in [-0.2, 0) is 11.3 Å². The van der Waals surface area contributed by atoms with Gasteiger partial charge in [0.05, 0.1) is 11.3 Å². The Morgan fingerprint density at radius 1 is 1.21 bits per heavy atom. The minimum Gasteiger partial charge on any atom is -0.457 e. The van der Waals surface area contributed by atoms with Gasteiger partial charge < -0.3 is 4.74 Å². The summed E-state index contributed by atoms with van der Waals surface area (Å²) in [5.74, 6) is -0.257. The zero-order chi connectivity index (χ0) is 16.5. The predicted molar refractivity (Wildman–Crippen MR) is 93.9 cm³/mol. The number of carbonyl (C=O) groups excluding carboxylic acids is 1. The maximum Gasteiger partial charge on any atom is 0.338 e. The van der Waals surface area contributed by atoms with Crippen LogP contribution in [0.5, 0.6) is 0 Å². The fraction of sp³-hybridized carbons (Fsp3) is 0.300. The van der Waals surface area contributed by atoms with Crippen LogP contribution in [-0.4, -0.2) is 30.7 Å². The summed E-state index contributed by atoms with van der Waals surface area (Å²) in [6.07, 6.45) is 4.35. The van der Waals surface area contributed by atoms with Crippen LogP contribution in [0, 0.1) is 0 Å². The van der Waals surface area contributed by atoms with Crippen LogP contribution in [0.15, 0.2) is 47.5 Å². The fourth-order valence-corrected chi connectivity index (χ4v) is 3.53. The van der Waals surface area contributed by atoms with Gasteiger partial charge in [-0.3, -0.25) is 9.89 Å². The summed E-state index contributed by atoms with van der Waals surface area (Å²) in [5, 5.41) is 0. The Kier molecular flexibility index (Phi) is 3.90. The van der Waals surface area contributed by atoms with E-state index in [0.717, 1.165) is 16.8 Å². The van der Waals surface area contributed by atoms with Gasteiger partial charge in [0, 0.05) is 17.8 Å². The van der Waals surface area contributed by atoms with Gasteiger partial charge in [-0.1, -0.05) is 30.3 Å². The Morgan fingerprint density at radius 2 is 2.04 bits per heavy atom. The number of aliphatic imine (C=N–C) groups is 1. The van der Waals surface area contributed by atoms with Gasteiger partial charge in [0.2, 0.25) is 0 Å². The zero-order valence-corrected chi connectivity index (χ0v) is 13.7. The summed E-state index contributed by atoms with van der Waals surface area (Å²) < 4.78 is 5.08. The minimum atomic E-state index is -0.257. The highest BCUT2D eigenvalue weighted by Gasteiger charge is 2.23. The molecule has 1 saturated heterocycles. The first kappa shape index (κ1) is 15.1. The lowest BCUT2D eigenvalue weighted by Gasteiger charge is -2.19. The topological polar surface area (TPSA) is 41.9 Å². The summed E-state index contributed by atoms with van der Waals surface area (Å²) in [5.41, 5.74) is 4.74. The van der Waals surface area contributed by atoms with Crippen molar-refractivity contribution in [1.82, 2.24) is 4.90 Å². The second-order valence-corrected chi connectivity index (χ2v) is 6.44. The SMILES string of the molecule is CN1CCCC1c1ccc(/C=N/c2cccc3c2COC3=O)cc1. The number of benzene rings is 2. The number of cyclic esters (lactones) is 1. The highest BCUT2D eigenvalue weighted by molar-refractivity contribution is 5.95. The molecule has 2 aromatic carbocycles. The normalized spacial score (nSPS) is 20.5. The highest BCUT2D eigenvalue weighted by atomic mass is 16.5. The fourth-order valence-electron chi connectivity index (χ4n) is 3.53. The first-order valence-electron chi connectivity index (χ1n) is 8.35. The first-order valence-corrected chi connectivity index (χ1v) is 8.35. The number of ether oxygens (including phenoxy) is 1. The average molecular weight is 320 g/mol. The third kappa shape index (κ3) is 2.74. The Labute approximate surface area is 141 Å². The molecular formula is C20H20N2O2. The molecular weight excluding hydrogens is 300 g/mol. The van der Waals surface area contributed by atoms with Crippen molar-refractivity contribution in [2.75, 3.05) is 13.6 Å². The largest absolute Gasteiger partial charge is 0.457 e. The van der Waals surface area contributed by atoms with E-state index in [1.807, 2.05) is 18.3 Å². The molecule has 1 fully saturated rings. The van der Waals surface area contributed by atoms with Gasteiger partial charge in [0.15, 0.2) is 0 Å². The zero-order valence-electron chi connectivity index (χ0n) is 13.7. The molecule has 0 amide bonds. The van der Waals surface area contributed by atoms with Gasteiger partial charge in [-0.15, -0.1) is 0 Å². The van der Waals surface area contributed by atoms with Gasteiger partial charge in [-0.25, -0.2) is 4.79 Å². The smallest absolute Gasteiger partial charge is 0.338 e. The molecule has 0 N–H and O–H groups in total. The molecule has 2 aliphatic rings. The molecule has 4 heteroatoms. The maximum absolute atomic E-state index is 11.6. The molecule has 4 rings (SSSR count). The van der Waals surface area contributed by atoms with Crippen LogP contribution in [0.1, 0.15) is 45.9 Å². The van der Waals surface area contributed by atoms with Gasteiger partial charge in [0.25, 0.3) is 0 Å². The summed E-state index contributed by atoms with van der Waals surface area (Å²) in [4.78, 5) is 18.6. The maximum atomic E-state index is 11.6. The molecule has 0 spiro atoms. The van der Waals surface area contributed by atoms with Crippen molar-refractivity contribution in [3.05, 3.63) is 64.7 Å². The Hall–Kier alpha value is -2.46. The number of fused-ring (bicyclic) bond motifs is 1. The van der Waals surface area contributed by atoms with E-state index in [-0.39, 0.29) is 5.97 Å². The molecule has 0 radical (unpaired) electrons. The molecule has 0 aliphatic carbocycles. The highest BCUT2D eigenvalue weighted by Crippen LogP contribution is 2.31. The van der Waals surface area contributed by atoms with Crippen LogP contribution in [0.25, 0.3) is 0 Å². The van der Waals surface area contributed by atoms with Crippen LogP contribution >= 0.6 is 0 Å². The number of hydrogen-bond donors (Lipinski definition) is 0. The van der Waals surface area contributed by atoms with Gasteiger partial charge in [0.1, 0.15) is 6.61 Å². The third-order valence-corrected chi connectivity index (χ3v) is 4.91. The molecule has 2 aliphatic heterocycles. The predicted octanol–water partition coefficient (Wildman–Crippen LogP) is 3.87. The number of likely N-dealkylation sites (tertiary alicyclic amines) is 1. The van der Waals surface area contributed by atoms with E-state index in [2.05, 4.69) is 41.2 Å². The second-order valence-electron chi connectivity index (χ2n) is 6.44. The lowest BCUT2D eigenvalue weighted by Crippen LogP contribution is -2.17. The second kappa shape index (κ2) is 6.21. The number of hydrogen-bond acceptors (Lipinski definition) is 4. The van der Waals surface area contributed by atoms with Gasteiger partial charge in [-0.2, -0.15) is 0 Å². The van der Waals surface area contributed by atoms with E-state index in [0.29, 0.717) is 18.2 Å². The van der Waals surface area contributed by atoms with Crippen LogP contribution < -0.4 is 0 Å². The average Bonchev–Trinajstić information content (AvgIpc) is 3.20. The third-order valence-electron chi connectivity index (χ3n) is 4.91. The van der Waals surface area contributed by atoms with E-state index in [1.54, 1.807) is 6.07 Å². The standard InChI is InChI=1S/C20H20N2O2/c1-22-11-3-6-19(22)15-9-7-14(8-10-15)12-21-18-5-2-4-16-17(18)13-24-20(16)23/h2,4-5,7-10,12,19H,3,6,11,13H2,1H3/b21-12+. The van der Waals surface area contributed by atoms with Crippen LogP contribution in [0.4, 0.5) is 5.69 Å². The minimum absolute atomic E-state index is 0.257. The van der Waals surface area contributed by atoms with Gasteiger partial charge >= 0.3 is 5.97 Å². The molecule has 2 aromatic rings. The Bertz CT molecular complexity index is 796. The van der Waals surface area contributed by atoms with Gasteiger partial charge in [-0.05, 0) is 49.7 Å². The molecule has 1 atom stereocenters. The quantitative estimate of drug-likeness (QED) is 0.637. The summed E-state index contributed by atoms with van der Waals surface area (Å²) in [6, 6.07) is 14.7.